The second-order valence-electron chi connectivity index (χ2n) is 6.76. The summed E-state index contributed by atoms with van der Waals surface area (Å²) in [4.78, 5) is 4.90. The Morgan fingerprint density at radius 3 is 2.14 bits per heavy atom. The quantitative estimate of drug-likeness (QED) is 0.460. The van der Waals surface area contributed by atoms with Crippen LogP contribution in [0.15, 0.2) is 39.5 Å². The molecule has 1 heterocycles. The lowest BCUT2D eigenvalue weighted by molar-refractivity contribution is -0.907. The molecule has 2 rings (SSSR count). The number of aliphatic imine (C=N–C) groups is 1. The molecule has 0 saturated carbocycles. The molecule has 0 radical (unpaired) electrons. The van der Waals surface area contributed by atoms with Gasteiger partial charge < -0.3 is 12.6 Å². The van der Waals surface area contributed by atoms with E-state index >= 15 is 0 Å². The minimum absolute atomic E-state index is 0.557. The predicted octanol–water partition coefficient (Wildman–Crippen LogP) is 3.94. The van der Waals surface area contributed by atoms with Crippen LogP contribution in [-0.4, -0.2) is 44.7 Å². The van der Waals surface area contributed by atoms with Crippen molar-refractivity contribution in [1.29, 1.82) is 0 Å². The van der Waals surface area contributed by atoms with Crippen molar-refractivity contribution in [2.75, 3.05) is 21.1 Å². The van der Waals surface area contributed by atoms with E-state index in [0.717, 1.165) is 21.6 Å². The second kappa shape index (κ2) is 5.39. The van der Waals surface area contributed by atoms with E-state index in [0.29, 0.717) is 4.59 Å². The number of rotatable bonds is 2. The molecule has 0 amide bonds. The maximum absolute atomic E-state index is 5.95. The van der Waals surface area contributed by atoms with E-state index in [-0.39, 0.29) is 0 Å². The number of amidine groups is 1. The monoisotopic (exact) mass is 339 g/mol. The fraction of sp³-hybridized carbons (Fsp3) is 0.400. The maximum atomic E-state index is 5.95. The largest absolute Gasteiger partial charge is 0.757 e. The molecule has 114 valence electrons. The summed E-state index contributed by atoms with van der Waals surface area (Å²) < 4.78 is 0.557. The molecule has 3 nitrogen and oxygen atoms in total. The Balaban J connectivity index is 2.60. The molecule has 6 heteroatoms. The lowest BCUT2D eigenvalue weighted by Gasteiger charge is -2.35. The number of likely N-dealkylation sites (N-methyl/N-ethyl adjacent to an activating group) is 1. The van der Waals surface area contributed by atoms with Crippen molar-refractivity contribution in [2.45, 2.75) is 19.6 Å². The number of nitrogens with zero attached hydrogens (tertiary/aromatic N) is 3. The van der Waals surface area contributed by atoms with E-state index in [1.54, 1.807) is 0 Å². The van der Waals surface area contributed by atoms with Crippen LogP contribution in [0.5, 0.6) is 0 Å². The Kier molecular flexibility index (Phi) is 4.23. The maximum Gasteiger partial charge on any atom is 0.251 e. The summed E-state index contributed by atoms with van der Waals surface area (Å²) in [7, 11) is 4.69. The highest BCUT2D eigenvalue weighted by molar-refractivity contribution is 7.63. The minimum Gasteiger partial charge on any atom is -0.757 e. The molecule has 0 saturated heterocycles. The molecule has 1 aliphatic rings. The Morgan fingerprint density at radius 2 is 1.67 bits per heavy atom. The highest BCUT2D eigenvalue weighted by Gasteiger charge is 2.44. The smallest absolute Gasteiger partial charge is 0.251 e. The molecule has 0 aromatic heterocycles. The van der Waals surface area contributed by atoms with E-state index < -0.39 is 8.07 Å². The lowest BCUT2D eigenvalue weighted by atomic mass is 10.3. The lowest BCUT2D eigenvalue weighted by Crippen LogP contribution is -2.52. The molecular weight excluding hydrogens is 318 g/mol. The minimum atomic E-state index is -1.58. The Hall–Kier alpha value is -0.883. The van der Waals surface area contributed by atoms with Gasteiger partial charge in [0.2, 0.25) is 0 Å². The summed E-state index contributed by atoms with van der Waals surface area (Å²) in [5.74, 6) is 1.05. The summed E-state index contributed by atoms with van der Waals surface area (Å²) in [6.45, 7) is 6.93. The zero-order valence-electron chi connectivity index (χ0n) is 13.4. The van der Waals surface area contributed by atoms with E-state index in [1.807, 2.05) is 31.3 Å². The van der Waals surface area contributed by atoms with Gasteiger partial charge in [0, 0.05) is 10.2 Å². The molecule has 0 fully saturated rings. The fourth-order valence-electron chi connectivity index (χ4n) is 2.37. The predicted molar refractivity (Wildman–Crippen MR) is 96.2 cm³/mol. The zero-order chi connectivity index (χ0) is 16.0. The Labute approximate surface area is 138 Å². The third-order valence-corrected chi connectivity index (χ3v) is 6.67. The summed E-state index contributed by atoms with van der Waals surface area (Å²) in [6.07, 6.45) is 0. The molecule has 0 aliphatic carbocycles. The van der Waals surface area contributed by atoms with Gasteiger partial charge in [-0.25, -0.2) is 5.01 Å². The number of quaternary nitrogens is 1. The summed E-state index contributed by atoms with van der Waals surface area (Å²) in [5.41, 5.74) is 0.912. The van der Waals surface area contributed by atoms with Crippen molar-refractivity contribution in [2.24, 2.45) is 4.99 Å². The van der Waals surface area contributed by atoms with Crippen LogP contribution in [0, 0.1) is 0 Å². The van der Waals surface area contributed by atoms with Crippen LogP contribution in [0.1, 0.15) is 0 Å². The van der Waals surface area contributed by atoms with Gasteiger partial charge in [0.1, 0.15) is 0 Å². The summed E-state index contributed by atoms with van der Waals surface area (Å²) in [6, 6.07) is 7.62. The molecule has 1 aromatic rings. The highest BCUT2D eigenvalue weighted by atomic mass is 35.5. The van der Waals surface area contributed by atoms with Gasteiger partial charge >= 0.3 is 0 Å². The van der Waals surface area contributed by atoms with E-state index in [9.17, 15) is 0 Å². The van der Waals surface area contributed by atoms with Gasteiger partial charge in [-0.2, -0.15) is 9.58 Å². The molecule has 0 N–H and O–H groups in total. The number of halogens is 1. The van der Waals surface area contributed by atoms with Crippen molar-refractivity contribution in [3.05, 3.63) is 39.5 Å². The fourth-order valence-corrected chi connectivity index (χ4v) is 5.52. The number of hydrogen-bond donors (Lipinski definition) is 0. The van der Waals surface area contributed by atoms with E-state index in [2.05, 4.69) is 38.7 Å². The molecule has 1 aliphatic heterocycles. The van der Waals surface area contributed by atoms with Crippen molar-refractivity contribution in [3.8, 4) is 0 Å². The standard InChI is InChI=1S/C15H22ClN3SSi/c1-18-15(20)13(21(4,5)6)14(19(18,2)3)17-12-9-7-11(16)8-10-12/h7-10H,1-6H3. The Bertz CT molecular complexity index is 615. The highest BCUT2D eigenvalue weighted by Crippen LogP contribution is 2.35. The molecular formula is C15H22ClN3SSi. The SMILES string of the molecule is CN1C([S-])=C([Si](C)(C)C)C(=Nc2ccc(Cl)cc2)[N+]1(C)C. The zero-order valence-corrected chi connectivity index (χ0v) is 16.0. The summed E-state index contributed by atoms with van der Waals surface area (Å²) >= 11 is 11.6. The topological polar surface area (TPSA) is 15.6 Å². The third kappa shape index (κ3) is 3.01. The molecule has 0 atom stereocenters. The van der Waals surface area contributed by atoms with Crippen LogP contribution in [0.3, 0.4) is 0 Å². The summed E-state index contributed by atoms with van der Waals surface area (Å²) in [5, 5.41) is 5.02. The van der Waals surface area contributed by atoms with Gasteiger partial charge in [-0.05, 0) is 24.3 Å². The first-order valence-corrected chi connectivity index (χ1v) is 11.2. The average molecular weight is 340 g/mol. The normalized spacial score (nSPS) is 20.5. The number of hydrogen-bond acceptors (Lipinski definition) is 3. The first-order valence-electron chi connectivity index (χ1n) is 6.90. The van der Waals surface area contributed by atoms with Gasteiger partial charge in [-0.1, -0.05) is 36.3 Å². The van der Waals surface area contributed by atoms with Crippen LogP contribution in [0.4, 0.5) is 5.69 Å². The van der Waals surface area contributed by atoms with Crippen LogP contribution in [-0.2, 0) is 12.6 Å². The first kappa shape index (κ1) is 16.5. The van der Waals surface area contributed by atoms with Gasteiger partial charge in [-0.3, -0.25) is 0 Å². The molecule has 0 spiro atoms. The number of benzene rings is 1. The van der Waals surface area contributed by atoms with E-state index in [4.69, 9.17) is 29.2 Å². The molecule has 0 unspecified atom stereocenters. The van der Waals surface area contributed by atoms with Crippen LogP contribution in [0.2, 0.25) is 24.7 Å². The average Bonchev–Trinajstić information content (AvgIpc) is 2.53. The second-order valence-corrected chi connectivity index (χ2v) is 12.6. The molecule has 1 aromatic carbocycles. The van der Waals surface area contributed by atoms with Gasteiger partial charge in [0.05, 0.1) is 34.9 Å². The van der Waals surface area contributed by atoms with Gasteiger partial charge in [0.15, 0.2) is 0 Å². The van der Waals surface area contributed by atoms with Crippen molar-refractivity contribution in [3.63, 3.8) is 0 Å². The van der Waals surface area contributed by atoms with Crippen molar-refractivity contribution >= 4 is 43.8 Å². The first-order chi connectivity index (χ1) is 9.55. The van der Waals surface area contributed by atoms with Crippen molar-refractivity contribution < 1.29 is 4.59 Å². The third-order valence-electron chi connectivity index (χ3n) is 3.81. The molecule has 0 bridgehead atoms. The molecule has 21 heavy (non-hydrogen) atoms. The van der Waals surface area contributed by atoms with Crippen LogP contribution < -0.4 is 0 Å². The van der Waals surface area contributed by atoms with Gasteiger partial charge in [-0.15, -0.1) is 0 Å². The van der Waals surface area contributed by atoms with Crippen LogP contribution >= 0.6 is 11.6 Å². The van der Waals surface area contributed by atoms with Crippen molar-refractivity contribution in [1.82, 2.24) is 5.01 Å². The van der Waals surface area contributed by atoms with Crippen LogP contribution in [0.25, 0.3) is 0 Å². The Morgan fingerprint density at radius 1 is 1.14 bits per heavy atom. The van der Waals surface area contributed by atoms with Gasteiger partial charge in [0.25, 0.3) is 5.84 Å². The van der Waals surface area contributed by atoms with E-state index in [1.165, 1.54) is 5.20 Å².